The van der Waals surface area contributed by atoms with E-state index < -0.39 is 0 Å². The van der Waals surface area contributed by atoms with Crippen molar-refractivity contribution >= 4 is 5.78 Å². The highest BCUT2D eigenvalue weighted by Gasteiger charge is 2.19. The number of hydrogen-bond acceptors (Lipinski definition) is 1. The van der Waals surface area contributed by atoms with E-state index in [1.165, 1.54) is 32.1 Å². The maximum Gasteiger partial charge on any atom is 0.135 e. The van der Waals surface area contributed by atoms with Crippen molar-refractivity contribution in [3.63, 3.8) is 0 Å². The first-order chi connectivity index (χ1) is 5.34. The van der Waals surface area contributed by atoms with Gasteiger partial charge in [0.25, 0.3) is 0 Å². The summed E-state index contributed by atoms with van der Waals surface area (Å²) in [4.78, 5) is 11.4. The Kier molecular flexibility index (Phi) is 3.61. The number of hydrogen-bond donors (Lipinski definition) is 0. The Morgan fingerprint density at radius 3 is 2.45 bits per heavy atom. The SMILES string of the molecule is CCCC(=O)C1CCCCC1. The minimum Gasteiger partial charge on any atom is -0.299 e. The van der Waals surface area contributed by atoms with Crippen LogP contribution in [-0.4, -0.2) is 5.78 Å². The number of Topliss-reactive ketones (excluding diaryl/α,β-unsaturated/α-hetero) is 1. The third-order valence-corrected chi connectivity index (χ3v) is 2.56. The largest absolute Gasteiger partial charge is 0.299 e. The average molecular weight is 154 g/mol. The van der Waals surface area contributed by atoms with E-state index in [1.807, 2.05) is 0 Å². The third kappa shape index (κ3) is 2.64. The first-order valence-electron chi connectivity index (χ1n) is 4.87. The van der Waals surface area contributed by atoms with Crippen LogP contribution in [0.2, 0.25) is 0 Å². The van der Waals surface area contributed by atoms with E-state index in [0.717, 1.165) is 12.8 Å². The molecule has 1 fully saturated rings. The molecular weight excluding hydrogens is 136 g/mol. The van der Waals surface area contributed by atoms with Gasteiger partial charge in [0.2, 0.25) is 0 Å². The molecule has 1 nitrogen and oxygen atoms in total. The van der Waals surface area contributed by atoms with Crippen LogP contribution < -0.4 is 0 Å². The quantitative estimate of drug-likeness (QED) is 0.611. The predicted molar refractivity (Wildman–Crippen MR) is 46.5 cm³/mol. The van der Waals surface area contributed by atoms with Gasteiger partial charge in [0, 0.05) is 12.3 Å². The van der Waals surface area contributed by atoms with Crippen molar-refractivity contribution in [3.8, 4) is 0 Å². The maximum atomic E-state index is 11.4. The summed E-state index contributed by atoms with van der Waals surface area (Å²) < 4.78 is 0. The summed E-state index contributed by atoms with van der Waals surface area (Å²) in [7, 11) is 0. The van der Waals surface area contributed by atoms with Crippen molar-refractivity contribution in [2.24, 2.45) is 5.92 Å². The van der Waals surface area contributed by atoms with Gasteiger partial charge in [-0.05, 0) is 19.3 Å². The molecule has 0 aromatic heterocycles. The summed E-state index contributed by atoms with van der Waals surface area (Å²) in [6.45, 7) is 2.08. The molecule has 0 atom stereocenters. The molecule has 0 bridgehead atoms. The number of carbonyl (C=O) groups excluding carboxylic acids is 1. The molecular formula is C10H18O. The molecule has 0 amide bonds. The Hall–Kier alpha value is -0.330. The lowest BCUT2D eigenvalue weighted by Gasteiger charge is -2.19. The van der Waals surface area contributed by atoms with E-state index in [4.69, 9.17) is 0 Å². The van der Waals surface area contributed by atoms with Crippen LogP contribution in [0.3, 0.4) is 0 Å². The standard InChI is InChI=1S/C10H18O/c1-2-6-10(11)9-7-4-3-5-8-9/h9H,2-8H2,1H3. The Bertz CT molecular complexity index is 123. The summed E-state index contributed by atoms with van der Waals surface area (Å²) in [5.41, 5.74) is 0. The highest BCUT2D eigenvalue weighted by atomic mass is 16.1. The molecule has 0 spiro atoms. The van der Waals surface area contributed by atoms with Crippen LogP contribution in [0.25, 0.3) is 0 Å². The van der Waals surface area contributed by atoms with Gasteiger partial charge >= 0.3 is 0 Å². The zero-order chi connectivity index (χ0) is 8.10. The zero-order valence-electron chi connectivity index (χ0n) is 7.44. The molecule has 1 rings (SSSR count). The monoisotopic (exact) mass is 154 g/mol. The molecule has 0 unspecified atom stereocenters. The smallest absolute Gasteiger partial charge is 0.135 e. The van der Waals surface area contributed by atoms with E-state index in [0.29, 0.717) is 11.7 Å². The van der Waals surface area contributed by atoms with Gasteiger partial charge in [-0.15, -0.1) is 0 Å². The molecule has 0 heterocycles. The summed E-state index contributed by atoms with van der Waals surface area (Å²) in [6, 6.07) is 0. The van der Waals surface area contributed by atoms with Crippen LogP contribution in [0, 0.1) is 5.92 Å². The fourth-order valence-electron chi connectivity index (χ4n) is 1.88. The molecule has 0 aromatic carbocycles. The predicted octanol–water partition coefficient (Wildman–Crippen LogP) is 2.94. The van der Waals surface area contributed by atoms with Crippen LogP contribution in [0.1, 0.15) is 51.9 Å². The molecule has 1 heteroatoms. The molecule has 0 N–H and O–H groups in total. The molecule has 1 aliphatic carbocycles. The number of carbonyl (C=O) groups is 1. The fourth-order valence-corrected chi connectivity index (χ4v) is 1.88. The molecule has 11 heavy (non-hydrogen) atoms. The lowest BCUT2D eigenvalue weighted by atomic mass is 9.85. The van der Waals surface area contributed by atoms with Crippen LogP contribution in [0.5, 0.6) is 0 Å². The summed E-state index contributed by atoms with van der Waals surface area (Å²) in [6.07, 6.45) is 8.06. The van der Waals surface area contributed by atoms with Gasteiger partial charge in [0.15, 0.2) is 0 Å². The van der Waals surface area contributed by atoms with Gasteiger partial charge in [-0.3, -0.25) is 4.79 Å². The van der Waals surface area contributed by atoms with E-state index in [-0.39, 0.29) is 0 Å². The minimum absolute atomic E-state index is 0.434. The first kappa shape index (κ1) is 8.76. The van der Waals surface area contributed by atoms with Crippen molar-refractivity contribution < 1.29 is 4.79 Å². The van der Waals surface area contributed by atoms with Crippen LogP contribution >= 0.6 is 0 Å². The molecule has 0 aliphatic heterocycles. The fraction of sp³-hybridized carbons (Fsp3) is 0.900. The summed E-state index contributed by atoms with van der Waals surface area (Å²) >= 11 is 0. The normalized spacial score (nSPS) is 20.1. The Balaban J connectivity index is 2.27. The van der Waals surface area contributed by atoms with Gasteiger partial charge in [-0.25, -0.2) is 0 Å². The van der Waals surface area contributed by atoms with Crippen molar-refractivity contribution in [1.29, 1.82) is 0 Å². The maximum absolute atomic E-state index is 11.4. The lowest BCUT2D eigenvalue weighted by Crippen LogP contribution is -2.16. The van der Waals surface area contributed by atoms with Gasteiger partial charge in [0.05, 0.1) is 0 Å². The van der Waals surface area contributed by atoms with E-state index in [9.17, 15) is 4.79 Å². The number of rotatable bonds is 3. The average Bonchev–Trinajstić information content (AvgIpc) is 2.07. The van der Waals surface area contributed by atoms with Crippen molar-refractivity contribution in [2.75, 3.05) is 0 Å². The van der Waals surface area contributed by atoms with E-state index in [2.05, 4.69) is 6.92 Å². The van der Waals surface area contributed by atoms with Gasteiger partial charge < -0.3 is 0 Å². The lowest BCUT2D eigenvalue weighted by molar-refractivity contribution is -0.123. The molecule has 0 radical (unpaired) electrons. The zero-order valence-corrected chi connectivity index (χ0v) is 7.44. The molecule has 1 aliphatic rings. The summed E-state index contributed by atoms with van der Waals surface area (Å²) in [5.74, 6) is 0.955. The van der Waals surface area contributed by atoms with Gasteiger partial charge in [-0.2, -0.15) is 0 Å². The van der Waals surface area contributed by atoms with Gasteiger partial charge in [-0.1, -0.05) is 26.2 Å². The minimum atomic E-state index is 0.434. The first-order valence-corrected chi connectivity index (χ1v) is 4.87. The third-order valence-electron chi connectivity index (χ3n) is 2.56. The molecule has 64 valence electrons. The van der Waals surface area contributed by atoms with E-state index >= 15 is 0 Å². The second-order valence-electron chi connectivity index (χ2n) is 3.55. The highest BCUT2D eigenvalue weighted by molar-refractivity contribution is 5.80. The molecule has 1 saturated carbocycles. The Morgan fingerprint density at radius 2 is 1.91 bits per heavy atom. The van der Waals surface area contributed by atoms with Gasteiger partial charge in [0.1, 0.15) is 5.78 Å². The van der Waals surface area contributed by atoms with Crippen LogP contribution in [0.4, 0.5) is 0 Å². The second-order valence-corrected chi connectivity index (χ2v) is 3.55. The van der Waals surface area contributed by atoms with Crippen LogP contribution in [-0.2, 0) is 4.79 Å². The second kappa shape index (κ2) is 4.53. The topological polar surface area (TPSA) is 17.1 Å². The van der Waals surface area contributed by atoms with E-state index in [1.54, 1.807) is 0 Å². The van der Waals surface area contributed by atoms with Crippen molar-refractivity contribution in [1.82, 2.24) is 0 Å². The molecule has 0 saturated heterocycles. The Labute approximate surface area is 69.2 Å². The highest BCUT2D eigenvalue weighted by Crippen LogP contribution is 2.25. The molecule has 0 aromatic rings. The Morgan fingerprint density at radius 1 is 1.27 bits per heavy atom. The number of ketones is 1. The summed E-state index contributed by atoms with van der Waals surface area (Å²) in [5, 5.41) is 0. The van der Waals surface area contributed by atoms with Crippen LogP contribution in [0.15, 0.2) is 0 Å². The van der Waals surface area contributed by atoms with Crippen molar-refractivity contribution in [2.45, 2.75) is 51.9 Å². The van der Waals surface area contributed by atoms with Crippen molar-refractivity contribution in [3.05, 3.63) is 0 Å².